The molecule has 210 valence electrons. The molecular formula is C33H33N3O4S. The predicted molar refractivity (Wildman–Crippen MR) is 160 cm³/mol. The average Bonchev–Trinajstić information content (AvgIpc) is 3.70. The number of hydrogen-bond acceptors (Lipinski definition) is 6. The number of amides is 1. The maximum atomic E-state index is 14.0. The molecule has 0 atom stereocenters. The van der Waals surface area contributed by atoms with Crippen molar-refractivity contribution in [1.29, 1.82) is 0 Å². The van der Waals surface area contributed by atoms with Gasteiger partial charge in [0.05, 0.1) is 24.5 Å². The average molecular weight is 568 g/mol. The molecule has 0 saturated heterocycles. The Bertz CT molecular complexity index is 1650. The Morgan fingerprint density at radius 2 is 1.76 bits per heavy atom. The highest BCUT2D eigenvalue weighted by atomic mass is 32.1. The molecule has 4 heterocycles. The Labute approximate surface area is 243 Å². The van der Waals surface area contributed by atoms with E-state index in [1.165, 1.54) is 0 Å². The van der Waals surface area contributed by atoms with Gasteiger partial charge in [-0.1, -0.05) is 35.5 Å². The summed E-state index contributed by atoms with van der Waals surface area (Å²) in [7, 11) is 0. The van der Waals surface area contributed by atoms with Crippen LogP contribution in [0.5, 0.6) is 5.75 Å². The fourth-order valence-electron chi connectivity index (χ4n) is 5.41. The third-order valence-corrected chi connectivity index (χ3v) is 8.39. The third-order valence-electron chi connectivity index (χ3n) is 7.32. The standard InChI is InChI=1S/C33H33N3O4S/c1-22-17-29(33(41-22)35-11-4-5-12-35)32(37)36-13-14-38-15-16-39-30-10-9-27(31-23(2)34-40-24(31)3)20-28(30)19-25-7-6-8-26(18-25)21-36/h4-12,17-18,20H,13-16,19,21H2,1-3H3. The molecule has 6 rings (SSSR count). The number of rotatable bonds is 3. The van der Waals surface area contributed by atoms with Crippen molar-refractivity contribution in [3.8, 4) is 21.9 Å². The first kappa shape index (κ1) is 27.1. The number of carbonyl (C=O) groups excluding carboxylic acids is 1. The molecule has 41 heavy (non-hydrogen) atoms. The van der Waals surface area contributed by atoms with Crippen LogP contribution in [-0.4, -0.2) is 46.9 Å². The molecule has 8 heteroatoms. The number of aromatic nitrogens is 2. The Hall–Kier alpha value is -4.14. The minimum absolute atomic E-state index is 0.00449. The Kier molecular flexibility index (Phi) is 7.76. The molecular weight excluding hydrogens is 534 g/mol. The molecule has 1 aliphatic heterocycles. The van der Waals surface area contributed by atoms with Crippen LogP contribution in [0, 0.1) is 20.8 Å². The zero-order valence-electron chi connectivity index (χ0n) is 23.6. The summed E-state index contributed by atoms with van der Waals surface area (Å²) in [5, 5.41) is 5.07. The molecule has 0 spiro atoms. The molecule has 0 fully saturated rings. The molecule has 1 amide bonds. The minimum Gasteiger partial charge on any atom is -0.491 e. The molecule has 3 aromatic heterocycles. The first-order chi connectivity index (χ1) is 20.0. The van der Waals surface area contributed by atoms with E-state index >= 15 is 0 Å². The van der Waals surface area contributed by atoms with Gasteiger partial charge >= 0.3 is 0 Å². The van der Waals surface area contributed by atoms with E-state index in [9.17, 15) is 4.79 Å². The second-order valence-electron chi connectivity index (χ2n) is 10.4. The van der Waals surface area contributed by atoms with Crippen LogP contribution in [0.25, 0.3) is 16.1 Å². The van der Waals surface area contributed by atoms with Gasteiger partial charge in [0.15, 0.2) is 0 Å². The Morgan fingerprint density at radius 3 is 2.56 bits per heavy atom. The number of nitrogens with zero attached hydrogens (tertiary/aromatic N) is 3. The van der Waals surface area contributed by atoms with Gasteiger partial charge in [-0.2, -0.15) is 0 Å². The number of thiophene rings is 1. The van der Waals surface area contributed by atoms with E-state index in [0.29, 0.717) is 44.9 Å². The van der Waals surface area contributed by atoms with Crippen molar-refractivity contribution in [1.82, 2.24) is 14.6 Å². The molecule has 2 aromatic carbocycles. The number of ether oxygens (including phenoxy) is 2. The van der Waals surface area contributed by atoms with Gasteiger partial charge < -0.3 is 23.5 Å². The maximum absolute atomic E-state index is 14.0. The lowest BCUT2D eigenvalue weighted by molar-refractivity contribution is 0.0571. The smallest absolute Gasteiger partial charge is 0.257 e. The van der Waals surface area contributed by atoms with Crippen molar-refractivity contribution >= 4 is 17.2 Å². The highest BCUT2D eigenvalue weighted by Gasteiger charge is 2.23. The van der Waals surface area contributed by atoms with Gasteiger partial charge in [-0.05, 0) is 73.4 Å². The normalized spacial score (nSPS) is 14.3. The van der Waals surface area contributed by atoms with Crippen molar-refractivity contribution < 1.29 is 18.8 Å². The van der Waals surface area contributed by atoms with E-state index < -0.39 is 0 Å². The lowest BCUT2D eigenvalue weighted by Gasteiger charge is -2.24. The zero-order valence-corrected chi connectivity index (χ0v) is 24.4. The van der Waals surface area contributed by atoms with Crippen LogP contribution in [0.3, 0.4) is 0 Å². The number of carbonyl (C=O) groups is 1. The third kappa shape index (κ3) is 5.85. The zero-order chi connectivity index (χ0) is 28.3. The van der Waals surface area contributed by atoms with Crippen molar-refractivity contribution in [3.05, 3.63) is 112 Å². The summed E-state index contributed by atoms with van der Waals surface area (Å²) in [6, 6.07) is 20.7. The topological polar surface area (TPSA) is 69.7 Å². The van der Waals surface area contributed by atoms with E-state index in [4.69, 9.17) is 14.0 Å². The lowest BCUT2D eigenvalue weighted by atomic mass is 9.96. The Morgan fingerprint density at radius 1 is 0.927 bits per heavy atom. The summed E-state index contributed by atoms with van der Waals surface area (Å²) in [4.78, 5) is 17.0. The summed E-state index contributed by atoms with van der Waals surface area (Å²) in [6.07, 6.45) is 4.65. The van der Waals surface area contributed by atoms with E-state index in [1.807, 2.05) is 66.9 Å². The number of benzene rings is 2. The van der Waals surface area contributed by atoms with Crippen LogP contribution in [0.1, 0.15) is 43.4 Å². The largest absolute Gasteiger partial charge is 0.491 e. The number of aryl methyl sites for hydroxylation is 3. The quantitative estimate of drug-likeness (QED) is 0.241. The van der Waals surface area contributed by atoms with Crippen LogP contribution >= 0.6 is 11.3 Å². The molecule has 0 N–H and O–H groups in total. The lowest BCUT2D eigenvalue weighted by Crippen LogP contribution is -2.34. The van der Waals surface area contributed by atoms with Crippen LogP contribution in [-0.2, 0) is 17.7 Å². The molecule has 5 aromatic rings. The van der Waals surface area contributed by atoms with E-state index in [2.05, 4.69) is 41.6 Å². The molecule has 2 bridgehead atoms. The summed E-state index contributed by atoms with van der Waals surface area (Å²) in [5.41, 5.74) is 6.96. The van der Waals surface area contributed by atoms with E-state index in [1.54, 1.807) is 11.3 Å². The summed E-state index contributed by atoms with van der Waals surface area (Å²) >= 11 is 1.63. The fourth-order valence-corrected chi connectivity index (χ4v) is 6.38. The maximum Gasteiger partial charge on any atom is 0.257 e. The minimum atomic E-state index is 0.00449. The molecule has 0 saturated carbocycles. The van der Waals surface area contributed by atoms with Crippen molar-refractivity contribution in [2.45, 2.75) is 33.7 Å². The van der Waals surface area contributed by atoms with Gasteiger partial charge in [0.2, 0.25) is 0 Å². The SMILES string of the molecule is Cc1cc(C(=O)N2CCOCCOc3ccc(-c4c(C)noc4C)cc3Cc3cccc(c3)C2)c(-n2cccc2)s1. The second-order valence-corrected chi connectivity index (χ2v) is 11.6. The first-order valence-electron chi connectivity index (χ1n) is 13.8. The van der Waals surface area contributed by atoms with Gasteiger partial charge in [-0.3, -0.25) is 4.79 Å². The summed E-state index contributed by atoms with van der Waals surface area (Å²) in [6.45, 7) is 8.20. The monoisotopic (exact) mass is 567 g/mol. The molecule has 0 aliphatic carbocycles. The van der Waals surface area contributed by atoms with E-state index in [0.717, 1.165) is 54.9 Å². The van der Waals surface area contributed by atoms with Crippen LogP contribution in [0.2, 0.25) is 0 Å². The fraction of sp³-hybridized carbons (Fsp3) is 0.273. The van der Waals surface area contributed by atoms with Gasteiger partial charge in [0.25, 0.3) is 5.91 Å². The van der Waals surface area contributed by atoms with Crippen LogP contribution < -0.4 is 4.74 Å². The van der Waals surface area contributed by atoms with E-state index in [-0.39, 0.29) is 5.91 Å². The van der Waals surface area contributed by atoms with Crippen molar-refractivity contribution in [3.63, 3.8) is 0 Å². The molecule has 0 unspecified atom stereocenters. The van der Waals surface area contributed by atoms with Gasteiger partial charge in [0, 0.05) is 42.3 Å². The van der Waals surface area contributed by atoms with Crippen LogP contribution in [0.4, 0.5) is 0 Å². The molecule has 7 nitrogen and oxygen atoms in total. The summed E-state index contributed by atoms with van der Waals surface area (Å²) in [5.74, 6) is 1.64. The number of hydrogen-bond donors (Lipinski definition) is 0. The van der Waals surface area contributed by atoms with Crippen LogP contribution in [0.15, 0.2) is 77.6 Å². The summed E-state index contributed by atoms with van der Waals surface area (Å²) < 4.78 is 19.6. The Balaban J connectivity index is 1.32. The first-order valence-corrected chi connectivity index (χ1v) is 14.7. The van der Waals surface area contributed by atoms with Gasteiger partial charge in [0.1, 0.15) is 23.1 Å². The molecule has 0 radical (unpaired) electrons. The molecule has 1 aliphatic rings. The second kappa shape index (κ2) is 11.8. The van der Waals surface area contributed by atoms with Gasteiger partial charge in [-0.15, -0.1) is 11.3 Å². The van der Waals surface area contributed by atoms with Crippen molar-refractivity contribution in [2.24, 2.45) is 0 Å². The predicted octanol–water partition coefficient (Wildman–Crippen LogP) is 6.76. The highest BCUT2D eigenvalue weighted by molar-refractivity contribution is 7.14. The van der Waals surface area contributed by atoms with Crippen molar-refractivity contribution in [2.75, 3.05) is 26.4 Å². The highest BCUT2D eigenvalue weighted by Crippen LogP contribution is 2.33. The number of fused-ring (bicyclic) bond motifs is 3. The van der Waals surface area contributed by atoms with Gasteiger partial charge in [-0.25, -0.2) is 0 Å².